The third-order valence-electron chi connectivity index (χ3n) is 11.0. The lowest BCUT2D eigenvalue weighted by molar-refractivity contribution is -0.149. The van der Waals surface area contributed by atoms with Crippen LogP contribution in [0.25, 0.3) is 0 Å². The van der Waals surface area contributed by atoms with Gasteiger partial charge >= 0.3 is 0 Å². The standard InChI is InChI=1S/C46H87NO3/c1-4-7-10-13-16-19-22-23-24-27-30-33-36-39-42-46(45(47)50,43(48)40-37-34-31-28-25-20-17-14-11-8-5-2)44(49)41-38-35-32-29-26-21-18-15-12-9-6-3/h23-24H,4-22,25-42H2,1-3H3,(H2,47,50)/b24-23-. The monoisotopic (exact) mass is 702 g/mol. The molecule has 0 bridgehead atoms. The van der Waals surface area contributed by atoms with Crippen molar-refractivity contribution in [3.63, 3.8) is 0 Å². The summed E-state index contributed by atoms with van der Waals surface area (Å²) >= 11 is 0. The predicted octanol–water partition coefficient (Wildman–Crippen LogP) is 14.6. The first kappa shape index (κ1) is 48.5. The van der Waals surface area contributed by atoms with Gasteiger partial charge < -0.3 is 5.73 Å². The van der Waals surface area contributed by atoms with Crippen molar-refractivity contribution in [2.75, 3.05) is 0 Å². The molecule has 0 aliphatic carbocycles. The Labute approximate surface area is 312 Å². The Morgan fingerprint density at radius 3 is 0.940 bits per heavy atom. The van der Waals surface area contributed by atoms with Gasteiger partial charge in [-0.2, -0.15) is 0 Å². The largest absolute Gasteiger partial charge is 0.368 e. The SMILES string of the molecule is CCCCCCCC/C=C\CCCCCCC(C(N)=O)(C(=O)CCCCCCCCCCCCC)C(=O)CCCCCCCCCCCCC. The van der Waals surface area contributed by atoms with Gasteiger partial charge in [0.25, 0.3) is 0 Å². The van der Waals surface area contributed by atoms with Crippen LogP contribution in [0.15, 0.2) is 12.2 Å². The average molecular weight is 702 g/mol. The Kier molecular flexibility index (Phi) is 36.2. The van der Waals surface area contributed by atoms with E-state index in [2.05, 4.69) is 32.9 Å². The molecule has 0 radical (unpaired) electrons. The normalized spacial score (nSPS) is 11.9. The first-order chi connectivity index (χ1) is 24.5. The number of Topliss-reactive ketones (excluding diaryl/α,β-unsaturated/α-hetero) is 2. The molecular formula is C46H87NO3. The third kappa shape index (κ3) is 27.2. The van der Waals surface area contributed by atoms with Gasteiger partial charge in [0.05, 0.1) is 0 Å². The van der Waals surface area contributed by atoms with Gasteiger partial charge in [-0.1, -0.05) is 213 Å². The van der Waals surface area contributed by atoms with Crippen LogP contribution < -0.4 is 5.73 Å². The number of hydrogen-bond acceptors (Lipinski definition) is 3. The minimum absolute atomic E-state index is 0.202. The molecule has 1 amide bonds. The van der Waals surface area contributed by atoms with E-state index < -0.39 is 11.3 Å². The molecule has 50 heavy (non-hydrogen) atoms. The van der Waals surface area contributed by atoms with Crippen molar-refractivity contribution >= 4 is 17.5 Å². The molecule has 0 aliphatic rings. The number of rotatable bonds is 41. The summed E-state index contributed by atoms with van der Waals surface area (Å²) in [6, 6.07) is 0. The highest BCUT2D eigenvalue weighted by molar-refractivity contribution is 6.23. The fourth-order valence-electron chi connectivity index (χ4n) is 7.44. The van der Waals surface area contributed by atoms with Crippen LogP contribution >= 0.6 is 0 Å². The van der Waals surface area contributed by atoms with Gasteiger partial charge in [0.1, 0.15) is 0 Å². The topological polar surface area (TPSA) is 77.2 Å². The minimum atomic E-state index is -1.62. The Bertz CT molecular complexity index is 765. The fraction of sp³-hybridized carbons (Fsp3) is 0.891. The van der Waals surface area contributed by atoms with E-state index in [4.69, 9.17) is 5.73 Å². The summed E-state index contributed by atoms with van der Waals surface area (Å²) in [6.07, 6.45) is 46.2. The minimum Gasteiger partial charge on any atom is -0.368 e. The van der Waals surface area contributed by atoms with E-state index in [1.54, 1.807) is 0 Å². The second-order valence-corrected chi connectivity index (χ2v) is 15.7. The molecule has 0 aromatic rings. The highest BCUT2D eigenvalue weighted by atomic mass is 16.2. The number of hydrogen-bond donors (Lipinski definition) is 1. The molecule has 0 spiro atoms. The highest BCUT2D eigenvalue weighted by Crippen LogP contribution is 2.33. The molecule has 0 atom stereocenters. The van der Waals surface area contributed by atoms with Crippen LogP contribution in [0, 0.1) is 5.41 Å². The molecule has 0 saturated heterocycles. The Balaban J connectivity index is 4.74. The lowest BCUT2D eigenvalue weighted by Gasteiger charge is -2.28. The quantitative estimate of drug-likeness (QED) is 0.0391. The van der Waals surface area contributed by atoms with E-state index in [9.17, 15) is 14.4 Å². The molecule has 0 rings (SSSR count). The number of carbonyl (C=O) groups excluding carboxylic acids is 3. The van der Waals surface area contributed by atoms with Gasteiger partial charge in [-0.05, 0) is 44.9 Å². The zero-order valence-corrected chi connectivity index (χ0v) is 34.1. The number of amides is 1. The van der Waals surface area contributed by atoms with E-state index in [0.29, 0.717) is 25.7 Å². The molecule has 0 aromatic carbocycles. The zero-order chi connectivity index (χ0) is 36.8. The van der Waals surface area contributed by atoms with Crippen molar-refractivity contribution in [2.24, 2.45) is 11.1 Å². The summed E-state index contributed by atoms with van der Waals surface area (Å²) in [4.78, 5) is 40.5. The number of nitrogens with two attached hydrogens (primary N) is 1. The average Bonchev–Trinajstić information content (AvgIpc) is 3.11. The molecule has 0 aliphatic heterocycles. The van der Waals surface area contributed by atoms with E-state index in [1.807, 2.05) is 0 Å². The van der Waals surface area contributed by atoms with Crippen LogP contribution in [-0.4, -0.2) is 17.5 Å². The number of allylic oxidation sites excluding steroid dienone is 2. The summed E-state index contributed by atoms with van der Waals surface area (Å²) in [5.74, 6) is -1.10. The molecule has 4 nitrogen and oxygen atoms in total. The van der Waals surface area contributed by atoms with E-state index in [-0.39, 0.29) is 11.6 Å². The zero-order valence-electron chi connectivity index (χ0n) is 34.1. The smallest absolute Gasteiger partial charge is 0.238 e. The van der Waals surface area contributed by atoms with Crippen molar-refractivity contribution in [3.8, 4) is 0 Å². The summed E-state index contributed by atoms with van der Waals surface area (Å²) in [5, 5.41) is 0. The molecular weight excluding hydrogens is 615 g/mol. The molecule has 0 heterocycles. The van der Waals surface area contributed by atoms with Crippen LogP contribution in [0.5, 0.6) is 0 Å². The molecule has 0 fully saturated rings. The Hall–Kier alpha value is -1.45. The summed E-state index contributed by atoms with van der Waals surface area (Å²) < 4.78 is 0. The van der Waals surface area contributed by atoms with Crippen LogP contribution in [-0.2, 0) is 14.4 Å². The van der Waals surface area contributed by atoms with Crippen molar-refractivity contribution in [1.82, 2.24) is 0 Å². The first-order valence-corrected chi connectivity index (χ1v) is 22.5. The first-order valence-electron chi connectivity index (χ1n) is 22.5. The second-order valence-electron chi connectivity index (χ2n) is 15.7. The Morgan fingerprint density at radius 1 is 0.380 bits per heavy atom. The second kappa shape index (κ2) is 37.3. The van der Waals surface area contributed by atoms with Crippen molar-refractivity contribution < 1.29 is 14.4 Å². The van der Waals surface area contributed by atoms with Crippen LogP contribution in [0.4, 0.5) is 0 Å². The summed E-state index contributed by atoms with van der Waals surface area (Å²) in [5.41, 5.74) is 4.38. The Morgan fingerprint density at radius 2 is 0.640 bits per heavy atom. The number of ketones is 2. The number of unbranched alkanes of at least 4 members (excludes halogenated alkanes) is 30. The lowest BCUT2D eigenvalue weighted by atomic mass is 9.71. The summed E-state index contributed by atoms with van der Waals surface area (Å²) in [6.45, 7) is 6.77. The third-order valence-corrected chi connectivity index (χ3v) is 11.0. The maximum Gasteiger partial charge on any atom is 0.238 e. The summed E-state index contributed by atoms with van der Waals surface area (Å²) in [7, 11) is 0. The molecule has 0 unspecified atom stereocenters. The fourth-order valence-corrected chi connectivity index (χ4v) is 7.44. The molecule has 2 N–H and O–H groups in total. The van der Waals surface area contributed by atoms with E-state index >= 15 is 0 Å². The lowest BCUT2D eigenvalue weighted by Crippen LogP contribution is -2.50. The van der Waals surface area contributed by atoms with Gasteiger partial charge in [0, 0.05) is 12.8 Å². The van der Waals surface area contributed by atoms with Crippen molar-refractivity contribution in [1.29, 1.82) is 0 Å². The van der Waals surface area contributed by atoms with Crippen LogP contribution in [0.3, 0.4) is 0 Å². The maximum absolute atomic E-state index is 13.7. The van der Waals surface area contributed by atoms with Gasteiger partial charge in [0.15, 0.2) is 17.0 Å². The van der Waals surface area contributed by atoms with Gasteiger partial charge in [0.2, 0.25) is 5.91 Å². The maximum atomic E-state index is 13.7. The van der Waals surface area contributed by atoms with Crippen LogP contribution in [0.2, 0.25) is 0 Å². The molecule has 4 heteroatoms. The van der Waals surface area contributed by atoms with Crippen molar-refractivity contribution in [3.05, 3.63) is 12.2 Å². The van der Waals surface area contributed by atoms with Gasteiger partial charge in [-0.3, -0.25) is 14.4 Å². The van der Waals surface area contributed by atoms with Crippen LogP contribution in [0.1, 0.15) is 258 Å². The highest BCUT2D eigenvalue weighted by Gasteiger charge is 2.48. The van der Waals surface area contributed by atoms with Gasteiger partial charge in [-0.25, -0.2) is 0 Å². The van der Waals surface area contributed by atoms with Gasteiger partial charge in [-0.15, -0.1) is 0 Å². The molecule has 0 aromatic heterocycles. The van der Waals surface area contributed by atoms with E-state index in [0.717, 1.165) is 64.2 Å². The molecule has 294 valence electrons. The number of primary amides is 1. The van der Waals surface area contributed by atoms with Crippen molar-refractivity contribution in [2.45, 2.75) is 258 Å². The molecule has 0 saturated carbocycles. The predicted molar refractivity (Wildman–Crippen MR) is 219 cm³/mol. The number of carbonyl (C=O) groups is 3. The van der Waals surface area contributed by atoms with E-state index in [1.165, 1.54) is 148 Å².